The van der Waals surface area contributed by atoms with E-state index in [2.05, 4.69) is 0 Å². The van der Waals surface area contributed by atoms with Crippen LogP contribution < -0.4 is 0 Å². The number of rotatable bonds is 5. The predicted octanol–water partition coefficient (Wildman–Crippen LogP) is 2.52. The van der Waals surface area contributed by atoms with Crippen LogP contribution in [0, 0.1) is 11.7 Å². The zero-order chi connectivity index (χ0) is 22.0. The van der Waals surface area contributed by atoms with Gasteiger partial charge >= 0.3 is 5.97 Å². The number of likely N-dealkylation sites (tertiary alicyclic amines) is 1. The van der Waals surface area contributed by atoms with Gasteiger partial charge in [0.25, 0.3) is 17.7 Å². The summed E-state index contributed by atoms with van der Waals surface area (Å²) in [5, 5.41) is 0. The molecule has 0 saturated carbocycles. The molecule has 2 aromatic rings. The molecule has 0 unspecified atom stereocenters. The summed E-state index contributed by atoms with van der Waals surface area (Å²) in [4.78, 5) is 52.5. The Balaban J connectivity index is 1.30. The van der Waals surface area contributed by atoms with E-state index < -0.39 is 29.5 Å². The van der Waals surface area contributed by atoms with Crippen molar-refractivity contribution in [1.82, 2.24) is 9.80 Å². The third-order valence-corrected chi connectivity index (χ3v) is 5.57. The van der Waals surface area contributed by atoms with Gasteiger partial charge in [0.05, 0.1) is 23.6 Å². The number of hydrogen-bond acceptors (Lipinski definition) is 5. The Morgan fingerprint density at radius 3 is 2.29 bits per heavy atom. The number of benzene rings is 2. The molecule has 2 aliphatic rings. The summed E-state index contributed by atoms with van der Waals surface area (Å²) in [6.07, 6.45) is 1.23. The summed E-state index contributed by atoms with van der Waals surface area (Å²) in [6.45, 7) is 0.590. The van der Waals surface area contributed by atoms with E-state index in [0.29, 0.717) is 36.1 Å². The lowest BCUT2D eigenvalue weighted by molar-refractivity contribution is -0.150. The highest BCUT2D eigenvalue weighted by atomic mass is 19.1. The molecule has 2 aromatic carbocycles. The molecule has 0 aliphatic carbocycles. The molecule has 0 aromatic heterocycles. The zero-order valence-electron chi connectivity index (χ0n) is 16.8. The van der Waals surface area contributed by atoms with Crippen molar-refractivity contribution >= 4 is 23.7 Å². The third kappa shape index (κ3) is 4.19. The second-order valence-corrected chi connectivity index (χ2v) is 7.57. The van der Waals surface area contributed by atoms with Crippen LogP contribution >= 0.6 is 0 Å². The first-order chi connectivity index (χ1) is 15.0. The van der Waals surface area contributed by atoms with Crippen LogP contribution in [-0.2, 0) is 9.53 Å². The van der Waals surface area contributed by atoms with Crippen molar-refractivity contribution in [2.75, 3.05) is 26.2 Å². The second-order valence-electron chi connectivity index (χ2n) is 7.57. The number of imide groups is 1. The Morgan fingerprint density at radius 1 is 1.00 bits per heavy atom. The Kier molecular flexibility index (Phi) is 5.79. The first-order valence-electron chi connectivity index (χ1n) is 10.1. The van der Waals surface area contributed by atoms with Gasteiger partial charge in [0.2, 0.25) is 0 Å². The fourth-order valence-electron chi connectivity index (χ4n) is 3.93. The average molecular weight is 424 g/mol. The summed E-state index contributed by atoms with van der Waals surface area (Å²) < 4.78 is 18.4. The van der Waals surface area contributed by atoms with E-state index in [0.717, 1.165) is 4.90 Å². The highest BCUT2D eigenvalue weighted by Crippen LogP contribution is 2.23. The van der Waals surface area contributed by atoms with E-state index in [1.807, 2.05) is 0 Å². The molecule has 31 heavy (non-hydrogen) atoms. The molecule has 7 nitrogen and oxygen atoms in total. The van der Waals surface area contributed by atoms with Crippen molar-refractivity contribution in [1.29, 1.82) is 0 Å². The predicted molar refractivity (Wildman–Crippen MR) is 108 cm³/mol. The molecule has 1 atom stereocenters. The Labute approximate surface area is 178 Å². The molecule has 1 saturated heterocycles. The highest BCUT2D eigenvalue weighted by Gasteiger charge is 2.35. The van der Waals surface area contributed by atoms with Gasteiger partial charge in [0, 0.05) is 18.7 Å². The summed E-state index contributed by atoms with van der Waals surface area (Å²) >= 11 is 0. The van der Waals surface area contributed by atoms with E-state index in [1.54, 1.807) is 29.2 Å². The van der Waals surface area contributed by atoms with E-state index >= 15 is 0 Å². The number of esters is 1. The maximum atomic E-state index is 13.1. The van der Waals surface area contributed by atoms with Gasteiger partial charge in [-0.05, 0) is 49.2 Å². The van der Waals surface area contributed by atoms with Crippen molar-refractivity contribution in [3.63, 3.8) is 0 Å². The second kappa shape index (κ2) is 8.67. The summed E-state index contributed by atoms with van der Waals surface area (Å²) in [6, 6.07) is 11.9. The monoisotopic (exact) mass is 424 g/mol. The smallest absolute Gasteiger partial charge is 0.310 e. The largest absolute Gasteiger partial charge is 0.464 e. The molecule has 8 heteroatoms. The number of amides is 3. The lowest BCUT2D eigenvalue weighted by Crippen LogP contribution is -2.43. The van der Waals surface area contributed by atoms with Crippen LogP contribution in [0.15, 0.2) is 48.5 Å². The van der Waals surface area contributed by atoms with Crippen LogP contribution in [0.25, 0.3) is 0 Å². The van der Waals surface area contributed by atoms with Crippen molar-refractivity contribution in [2.24, 2.45) is 5.92 Å². The lowest BCUT2D eigenvalue weighted by Gasteiger charge is -2.31. The molecular formula is C23H21FN2O5. The molecule has 0 N–H and O–H groups in total. The maximum Gasteiger partial charge on any atom is 0.310 e. The minimum absolute atomic E-state index is 0.0248. The van der Waals surface area contributed by atoms with Gasteiger partial charge in [0.15, 0.2) is 0 Å². The fourth-order valence-corrected chi connectivity index (χ4v) is 3.93. The molecule has 2 aliphatic heterocycles. The van der Waals surface area contributed by atoms with Crippen LogP contribution in [0.5, 0.6) is 0 Å². The molecular weight excluding hydrogens is 403 g/mol. The Bertz CT molecular complexity index is 1000. The average Bonchev–Trinajstić information content (AvgIpc) is 3.04. The highest BCUT2D eigenvalue weighted by molar-refractivity contribution is 6.21. The molecule has 4 rings (SSSR count). The van der Waals surface area contributed by atoms with E-state index in [1.165, 1.54) is 24.3 Å². The molecule has 3 amide bonds. The van der Waals surface area contributed by atoms with Crippen molar-refractivity contribution in [3.05, 3.63) is 71.0 Å². The number of piperidine rings is 1. The van der Waals surface area contributed by atoms with Gasteiger partial charge < -0.3 is 9.64 Å². The standard InChI is InChI=1S/C23H21FN2O5/c24-17-9-7-15(8-10-17)20(27)25-11-3-4-16(14-25)23(30)31-13-12-26-21(28)18-5-1-2-6-19(18)22(26)29/h1-2,5-10,16H,3-4,11-14H2/t16-/m0/s1. The van der Waals surface area contributed by atoms with Gasteiger partial charge in [-0.2, -0.15) is 0 Å². The number of nitrogens with zero attached hydrogens (tertiary/aromatic N) is 2. The summed E-state index contributed by atoms with van der Waals surface area (Å²) in [5.41, 5.74) is 1.06. The van der Waals surface area contributed by atoms with Crippen LogP contribution in [-0.4, -0.2) is 59.7 Å². The summed E-state index contributed by atoms with van der Waals surface area (Å²) in [7, 11) is 0. The molecule has 160 valence electrons. The van der Waals surface area contributed by atoms with Crippen molar-refractivity contribution < 1.29 is 28.3 Å². The fraction of sp³-hybridized carbons (Fsp3) is 0.304. The van der Waals surface area contributed by atoms with Crippen molar-refractivity contribution in [3.8, 4) is 0 Å². The van der Waals surface area contributed by atoms with Crippen LogP contribution in [0.1, 0.15) is 43.9 Å². The number of halogens is 1. The van der Waals surface area contributed by atoms with Crippen LogP contribution in [0.4, 0.5) is 4.39 Å². The normalized spacial score (nSPS) is 18.2. The topological polar surface area (TPSA) is 84.0 Å². The number of carbonyl (C=O) groups excluding carboxylic acids is 4. The van der Waals surface area contributed by atoms with Crippen LogP contribution in [0.2, 0.25) is 0 Å². The third-order valence-electron chi connectivity index (χ3n) is 5.57. The Hall–Kier alpha value is -3.55. The molecule has 0 bridgehead atoms. The first-order valence-corrected chi connectivity index (χ1v) is 10.1. The minimum Gasteiger partial charge on any atom is -0.464 e. The maximum absolute atomic E-state index is 13.1. The molecule has 2 heterocycles. The first kappa shape index (κ1) is 20.7. The van der Waals surface area contributed by atoms with Gasteiger partial charge in [-0.3, -0.25) is 24.1 Å². The lowest BCUT2D eigenvalue weighted by atomic mass is 9.97. The molecule has 0 radical (unpaired) electrons. The zero-order valence-corrected chi connectivity index (χ0v) is 16.8. The molecule has 1 fully saturated rings. The number of hydrogen-bond donors (Lipinski definition) is 0. The van der Waals surface area contributed by atoms with Gasteiger partial charge in [0.1, 0.15) is 12.4 Å². The number of ether oxygens (including phenoxy) is 1. The Morgan fingerprint density at radius 2 is 1.65 bits per heavy atom. The van der Waals surface area contributed by atoms with E-state index in [4.69, 9.17) is 4.74 Å². The number of carbonyl (C=O) groups is 4. The van der Waals surface area contributed by atoms with Gasteiger partial charge in [-0.1, -0.05) is 12.1 Å². The SMILES string of the molecule is O=C(OCCN1C(=O)c2ccccc2C1=O)[C@H]1CCCN(C(=O)c2ccc(F)cc2)C1. The number of fused-ring (bicyclic) bond motifs is 1. The quantitative estimate of drug-likeness (QED) is 0.544. The van der Waals surface area contributed by atoms with E-state index in [9.17, 15) is 23.6 Å². The van der Waals surface area contributed by atoms with Gasteiger partial charge in [-0.25, -0.2) is 4.39 Å². The summed E-state index contributed by atoms with van der Waals surface area (Å²) in [5.74, 6) is -2.43. The minimum atomic E-state index is -0.486. The van der Waals surface area contributed by atoms with Crippen LogP contribution in [0.3, 0.4) is 0 Å². The molecule has 0 spiro atoms. The van der Waals surface area contributed by atoms with Gasteiger partial charge in [-0.15, -0.1) is 0 Å². The van der Waals surface area contributed by atoms with E-state index in [-0.39, 0.29) is 25.6 Å². The van der Waals surface area contributed by atoms with Crippen molar-refractivity contribution in [2.45, 2.75) is 12.8 Å².